The number of aromatic hydroxyl groups is 2. The molecule has 0 aliphatic rings. The zero-order valence-electron chi connectivity index (χ0n) is 26.5. The number of hydrogen-bond donors (Lipinski definition) is 4. The van der Waals surface area contributed by atoms with Gasteiger partial charge in [-0.25, -0.2) is 0 Å². The lowest BCUT2D eigenvalue weighted by atomic mass is 9.91. The summed E-state index contributed by atoms with van der Waals surface area (Å²) in [4.78, 5) is 24.9. The van der Waals surface area contributed by atoms with E-state index in [2.05, 4.69) is 16.7 Å². The third-order valence-electron chi connectivity index (χ3n) is 7.43. The standard InChI is InChI=1S/C24H20Cl2N2O2.C13H7Cl4NO2/c1-13-8-15(3)23(29)19(9-13)24(30)28-22-11-21(26)18(10-14(22)2)20(12-27)16-4-6-17(25)7-5-16;14-8-7(12(19)11(17)10(16)9(8)15)13(20)18-6-4-2-1-3-5-6/h4-11,20,29H,1-3H3,(H,28,30);1-5,19H,(H,18,20). The summed E-state index contributed by atoms with van der Waals surface area (Å²) < 4.78 is 0. The quantitative estimate of drug-likeness (QED) is 0.101. The predicted octanol–water partition coefficient (Wildman–Crippen LogP) is 11.8. The van der Waals surface area contributed by atoms with E-state index in [0.717, 1.165) is 16.7 Å². The van der Waals surface area contributed by atoms with Gasteiger partial charge in [-0.05, 0) is 85.0 Å². The highest BCUT2D eigenvalue weighted by atomic mass is 35.5. The van der Waals surface area contributed by atoms with Crippen molar-refractivity contribution in [1.29, 1.82) is 5.26 Å². The molecule has 0 saturated carbocycles. The molecule has 256 valence electrons. The van der Waals surface area contributed by atoms with Crippen molar-refractivity contribution in [3.05, 3.63) is 148 Å². The van der Waals surface area contributed by atoms with Gasteiger partial charge in [-0.15, -0.1) is 0 Å². The molecule has 1 atom stereocenters. The van der Waals surface area contributed by atoms with Gasteiger partial charge in [0.1, 0.15) is 22.1 Å². The van der Waals surface area contributed by atoms with Crippen LogP contribution in [0.3, 0.4) is 0 Å². The molecular weight excluding hydrogens is 763 g/mol. The van der Waals surface area contributed by atoms with Crippen molar-refractivity contribution in [2.45, 2.75) is 26.7 Å². The molecule has 5 aromatic carbocycles. The molecule has 50 heavy (non-hydrogen) atoms. The molecule has 1 unspecified atom stereocenters. The van der Waals surface area contributed by atoms with Gasteiger partial charge in [0, 0.05) is 21.4 Å². The summed E-state index contributed by atoms with van der Waals surface area (Å²) in [6.45, 7) is 5.43. The third-order valence-corrected chi connectivity index (χ3v) is 9.80. The number of halogens is 6. The largest absolute Gasteiger partial charge is 0.507 e. The Balaban J connectivity index is 0.000000244. The molecule has 5 aromatic rings. The van der Waals surface area contributed by atoms with Gasteiger partial charge in [-0.3, -0.25) is 9.59 Å². The Morgan fingerprint density at radius 2 is 1.32 bits per heavy atom. The van der Waals surface area contributed by atoms with Crippen LogP contribution in [0.4, 0.5) is 11.4 Å². The highest BCUT2D eigenvalue weighted by molar-refractivity contribution is 6.53. The minimum Gasteiger partial charge on any atom is -0.507 e. The molecule has 0 aliphatic carbocycles. The molecule has 0 aliphatic heterocycles. The van der Waals surface area contributed by atoms with Crippen molar-refractivity contribution in [3.63, 3.8) is 0 Å². The van der Waals surface area contributed by atoms with Gasteiger partial charge in [0.05, 0.1) is 32.6 Å². The fourth-order valence-electron chi connectivity index (χ4n) is 4.90. The van der Waals surface area contributed by atoms with E-state index in [1.165, 1.54) is 0 Å². The molecule has 0 radical (unpaired) electrons. The molecule has 0 spiro atoms. The Bertz CT molecular complexity index is 2110. The van der Waals surface area contributed by atoms with E-state index in [1.807, 2.05) is 19.9 Å². The molecule has 0 bridgehead atoms. The van der Waals surface area contributed by atoms with Crippen LogP contribution in [0.15, 0.2) is 78.9 Å². The minimum absolute atomic E-state index is 0.0502. The molecule has 7 nitrogen and oxygen atoms in total. The normalized spacial score (nSPS) is 11.1. The highest BCUT2D eigenvalue weighted by Gasteiger charge is 2.25. The van der Waals surface area contributed by atoms with Crippen LogP contribution in [0.1, 0.15) is 54.5 Å². The zero-order chi connectivity index (χ0) is 36.9. The van der Waals surface area contributed by atoms with Crippen LogP contribution in [0, 0.1) is 32.1 Å². The summed E-state index contributed by atoms with van der Waals surface area (Å²) in [5.41, 5.74) is 4.70. The van der Waals surface area contributed by atoms with Crippen LogP contribution in [0.25, 0.3) is 0 Å². The number of anilines is 2. The van der Waals surface area contributed by atoms with Crippen LogP contribution in [0.5, 0.6) is 11.5 Å². The van der Waals surface area contributed by atoms with Crippen molar-refractivity contribution >= 4 is 92.8 Å². The highest BCUT2D eigenvalue weighted by Crippen LogP contribution is 2.45. The van der Waals surface area contributed by atoms with E-state index < -0.39 is 23.5 Å². The van der Waals surface area contributed by atoms with Crippen molar-refractivity contribution in [3.8, 4) is 17.6 Å². The molecule has 0 heterocycles. The van der Waals surface area contributed by atoms with Crippen LogP contribution < -0.4 is 10.6 Å². The van der Waals surface area contributed by atoms with Gasteiger partial charge in [0.2, 0.25) is 0 Å². The lowest BCUT2D eigenvalue weighted by molar-refractivity contribution is 0.101. The summed E-state index contributed by atoms with van der Waals surface area (Å²) in [5.74, 6) is -2.20. The Morgan fingerprint density at radius 3 is 1.94 bits per heavy atom. The Kier molecular flexibility index (Phi) is 12.9. The Morgan fingerprint density at radius 1 is 0.700 bits per heavy atom. The summed E-state index contributed by atoms with van der Waals surface area (Å²) in [6, 6.07) is 24.9. The third kappa shape index (κ3) is 8.77. The topological polar surface area (TPSA) is 122 Å². The van der Waals surface area contributed by atoms with Crippen molar-refractivity contribution in [2.24, 2.45) is 0 Å². The average molecular weight is 790 g/mol. The summed E-state index contributed by atoms with van der Waals surface area (Å²) in [7, 11) is 0. The first-order valence-electron chi connectivity index (χ1n) is 14.6. The smallest absolute Gasteiger partial charge is 0.261 e. The first-order chi connectivity index (χ1) is 23.6. The molecule has 4 N–H and O–H groups in total. The lowest BCUT2D eigenvalue weighted by Gasteiger charge is -2.17. The zero-order valence-corrected chi connectivity index (χ0v) is 31.0. The number of hydrogen-bond acceptors (Lipinski definition) is 5. The van der Waals surface area contributed by atoms with Crippen molar-refractivity contribution < 1.29 is 19.8 Å². The average Bonchev–Trinajstić information content (AvgIpc) is 3.08. The van der Waals surface area contributed by atoms with Crippen molar-refractivity contribution in [2.75, 3.05) is 10.6 Å². The fourth-order valence-corrected chi connectivity index (χ4v) is 6.23. The van der Waals surface area contributed by atoms with Gasteiger partial charge in [-0.2, -0.15) is 5.26 Å². The molecular formula is C37H27Cl6N3O4. The van der Waals surface area contributed by atoms with Crippen LogP contribution in [-0.4, -0.2) is 22.0 Å². The molecule has 13 heteroatoms. The van der Waals surface area contributed by atoms with Crippen LogP contribution in [-0.2, 0) is 0 Å². The second-order valence-electron chi connectivity index (χ2n) is 11.0. The number of rotatable bonds is 6. The first kappa shape index (κ1) is 38.7. The number of aryl methyl sites for hydroxylation is 3. The van der Waals surface area contributed by atoms with Crippen LogP contribution >= 0.6 is 69.6 Å². The predicted molar refractivity (Wildman–Crippen MR) is 203 cm³/mol. The number of benzene rings is 5. The maximum atomic E-state index is 12.8. The monoisotopic (exact) mass is 787 g/mol. The lowest BCUT2D eigenvalue weighted by Crippen LogP contribution is -2.14. The molecule has 5 rings (SSSR count). The number of carbonyl (C=O) groups is 2. The van der Waals surface area contributed by atoms with E-state index in [4.69, 9.17) is 69.6 Å². The van der Waals surface area contributed by atoms with E-state index >= 15 is 0 Å². The Hall–Kier alpha value is -4.13. The fraction of sp³-hybridized carbons (Fsp3) is 0.108. The molecule has 2 amide bonds. The van der Waals surface area contributed by atoms with Gasteiger partial charge < -0.3 is 20.8 Å². The number of phenols is 2. The molecule has 0 fully saturated rings. The minimum atomic E-state index is -0.640. The van der Waals surface area contributed by atoms with Gasteiger partial charge in [0.15, 0.2) is 0 Å². The SMILES string of the molecule is Cc1cc(C)c(O)c(C(=O)Nc2cc(Cl)c(C(C#N)c3ccc(Cl)cc3)cc2C)c1.O=C(Nc1ccccc1)c1c(O)c(Cl)c(Cl)c(Cl)c1Cl. The number of carbonyl (C=O) groups excluding carboxylic acids is 2. The Labute approximate surface area is 318 Å². The number of nitriles is 1. The van der Waals surface area contributed by atoms with E-state index in [9.17, 15) is 25.1 Å². The van der Waals surface area contributed by atoms with E-state index in [0.29, 0.717) is 32.5 Å². The molecule has 0 aromatic heterocycles. The van der Waals surface area contributed by atoms with Gasteiger partial charge in [-0.1, -0.05) is 112 Å². The summed E-state index contributed by atoms with van der Waals surface area (Å²) in [5, 5.41) is 35.6. The summed E-state index contributed by atoms with van der Waals surface area (Å²) >= 11 is 35.8. The number of phenolic OH excluding ortho intramolecular Hbond substituents is 2. The number of para-hydroxylation sites is 1. The van der Waals surface area contributed by atoms with Gasteiger partial charge in [0.25, 0.3) is 11.8 Å². The second kappa shape index (κ2) is 16.7. The molecule has 0 saturated heterocycles. The maximum absolute atomic E-state index is 12.8. The maximum Gasteiger partial charge on any atom is 0.261 e. The second-order valence-corrected chi connectivity index (χ2v) is 13.4. The van der Waals surface area contributed by atoms with Crippen LogP contribution in [0.2, 0.25) is 30.1 Å². The number of nitrogens with one attached hydrogen (secondary N) is 2. The van der Waals surface area contributed by atoms with E-state index in [1.54, 1.807) is 79.7 Å². The van der Waals surface area contributed by atoms with E-state index in [-0.39, 0.29) is 37.0 Å². The summed E-state index contributed by atoms with van der Waals surface area (Å²) in [6.07, 6.45) is 0. The van der Waals surface area contributed by atoms with Gasteiger partial charge >= 0.3 is 0 Å². The number of nitrogens with zero attached hydrogens (tertiary/aromatic N) is 1. The van der Waals surface area contributed by atoms with Crippen molar-refractivity contribution in [1.82, 2.24) is 0 Å². The number of amides is 2. The first-order valence-corrected chi connectivity index (χ1v) is 16.9.